The molecule has 190 valence electrons. The number of ether oxygens (including phenoxy) is 2. The van der Waals surface area contributed by atoms with Crippen LogP contribution in [0.2, 0.25) is 0 Å². The summed E-state index contributed by atoms with van der Waals surface area (Å²) in [4.78, 5) is 17.2. The zero-order chi connectivity index (χ0) is 24.9. The van der Waals surface area contributed by atoms with Crippen molar-refractivity contribution in [2.24, 2.45) is 0 Å². The molecule has 0 bridgehead atoms. The van der Waals surface area contributed by atoms with Crippen molar-refractivity contribution in [3.05, 3.63) is 58.8 Å². The van der Waals surface area contributed by atoms with Crippen LogP contribution in [0.5, 0.6) is 5.75 Å². The highest BCUT2D eigenvalue weighted by atomic mass is 32.2. The van der Waals surface area contributed by atoms with Crippen LogP contribution < -0.4 is 21.0 Å². The van der Waals surface area contributed by atoms with Gasteiger partial charge in [0.05, 0.1) is 12.0 Å². The number of benzene rings is 1. The summed E-state index contributed by atoms with van der Waals surface area (Å²) >= 11 is 0.942. The Morgan fingerprint density at radius 2 is 1.94 bits per heavy atom. The van der Waals surface area contributed by atoms with Crippen LogP contribution in [0.25, 0.3) is 6.08 Å². The van der Waals surface area contributed by atoms with Crippen LogP contribution >= 0.6 is 12.0 Å². The lowest BCUT2D eigenvalue weighted by Gasteiger charge is -2.35. The highest BCUT2D eigenvalue weighted by Crippen LogP contribution is 2.36. The van der Waals surface area contributed by atoms with Crippen LogP contribution in [0.1, 0.15) is 37.7 Å². The van der Waals surface area contributed by atoms with E-state index in [-0.39, 0.29) is 17.5 Å². The van der Waals surface area contributed by atoms with Gasteiger partial charge in [-0.1, -0.05) is 31.4 Å². The van der Waals surface area contributed by atoms with Crippen molar-refractivity contribution in [1.29, 1.82) is 0 Å². The second kappa shape index (κ2) is 10.9. The van der Waals surface area contributed by atoms with Crippen LogP contribution in [0.15, 0.2) is 53.3 Å². The molecule has 3 aliphatic rings. The van der Waals surface area contributed by atoms with E-state index in [1.807, 2.05) is 0 Å². The van der Waals surface area contributed by atoms with E-state index < -0.39 is 24.4 Å². The largest absolute Gasteiger partial charge is 0.526 e. The van der Waals surface area contributed by atoms with Gasteiger partial charge < -0.3 is 20.2 Å². The lowest BCUT2D eigenvalue weighted by molar-refractivity contribution is -0.397. The molecular formula is C22H23F4N3O5S. The smallest absolute Gasteiger partial charge is 0.455 e. The van der Waals surface area contributed by atoms with Crippen LogP contribution in [0.4, 0.5) is 22.4 Å². The normalized spacial score (nSPS) is 26.2. The molecule has 2 fully saturated rings. The average Bonchev–Trinajstić information content (AvgIpc) is 3.30. The molecule has 13 heteroatoms. The predicted molar refractivity (Wildman–Crippen MR) is 118 cm³/mol. The predicted octanol–water partition coefficient (Wildman–Crippen LogP) is 5.13. The molecule has 1 aromatic rings. The second-order valence-corrected chi connectivity index (χ2v) is 8.78. The fourth-order valence-corrected chi connectivity index (χ4v) is 4.23. The van der Waals surface area contributed by atoms with Gasteiger partial charge in [0.25, 0.3) is 5.79 Å². The molecule has 1 aliphatic heterocycles. The number of rotatable bonds is 6. The zero-order valence-electron chi connectivity index (χ0n) is 18.3. The Morgan fingerprint density at radius 3 is 2.57 bits per heavy atom. The van der Waals surface area contributed by atoms with Crippen molar-refractivity contribution in [2.75, 3.05) is 0 Å². The molecule has 0 spiro atoms. The molecular weight excluding hydrogens is 494 g/mol. The van der Waals surface area contributed by atoms with Gasteiger partial charge in [-0.05, 0) is 60.5 Å². The van der Waals surface area contributed by atoms with Crippen LogP contribution in [-0.2, 0) is 13.9 Å². The van der Waals surface area contributed by atoms with Gasteiger partial charge in [0.1, 0.15) is 5.75 Å². The molecule has 2 amide bonds. The standard InChI is InChI=1S/C22H23F4N3O5S/c23-18-13-16(28-20(30)27-15-4-2-1-3-5-15)10-11-21(18,33-22(24,25)26)31-17-8-6-14(7-9-17)12-19-32-29-34-35-19/h6-13,15,18,29H,1-5H2,(H2,27,28,30)/b19-12+/t18?,21-/m1/s1. The average molecular weight is 518 g/mol. The van der Waals surface area contributed by atoms with E-state index in [2.05, 4.69) is 21.0 Å². The van der Waals surface area contributed by atoms with Crippen molar-refractivity contribution in [2.45, 2.75) is 56.5 Å². The molecule has 1 saturated heterocycles. The van der Waals surface area contributed by atoms with E-state index in [9.17, 15) is 18.0 Å². The van der Waals surface area contributed by atoms with Crippen LogP contribution in [0.3, 0.4) is 0 Å². The number of urea groups is 1. The number of alkyl halides is 4. The Balaban J connectivity index is 1.44. The van der Waals surface area contributed by atoms with Crippen molar-refractivity contribution < 1.29 is 41.0 Å². The highest BCUT2D eigenvalue weighted by Gasteiger charge is 2.51. The van der Waals surface area contributed by atoms with Crippen molar-refractivity contribution in [3.63, 3.8) is 0 Å². The first-order valence-electron chi connectivity index (χ1n) is 10.9. The first-order chi connectivity index (χ1) is 16.7. The van der Waals surface area contributed by atoms with Crippen LogP contribution in [-0.4, -0.2) is 30.4 Å². The van der Waals surface area contributed by atoms with Crippen molar-refractivity contribution in [3.8, 4) is 5.75 Å². The summed E-state index contributed by atoms with van der Waals surface area (Å²) in [6.45, 7) is 0. The molecule has 3 N–H and O–H groups in total. The molecule has 1 heterocycles. The number of carbonyl (C=O) groups is 1. The third-order valence-corrected chi connectivity index (χ3v) is 5.94. The maximum atomic E-state index is 15.1. The summed E-state index contributed by atoms with van der Waals surface area (Å²) in [6, 6.07) is 5.23. The first kappa shape index (κ1) is 25.4. The quantitative estimate of drug-likeness (QED) is 0.274. The molecule has 2 atom stereocenters. The molecule has 1 unspecified atom stereocenters. The van der Waals surface area contributed by atoms with E-state index in [0.717, 1.165) is 62.4 Å². The van der Waals surface area contributed by atoms with E-state index >= 15 is 4.39 Å². The van der Waals surface area contributed by atoms with Gasteiger partial charge in [0, 0.05) is 11.7 Å². The van der Waals surface area contributed by atoms with Gasteiger partial charge in [-0.2, -0.15) is 4.28 Å². The maximum Gasteiger partial charge on any atom is 0.526 e. The molecule has 0 aromatic heterocycles. The Bertz CT molecular complexity index is 988. The highest BCUT2D eigenvalue weighted by molar-refractivity contribution is 7.98. The summed E-state index contributed by atoms with van der Waals surface area (Å²) < 4.78 is 68.8. The Hall–Kier alpha value is -2.74. The topological polar surface area (TPSA) is 90.1 Å². The Kier molecular flexibility index (Phi) is 7.89. The fraction of sp³-hybridized carbons (Fsp3) is 0.409. The van der Waals surface area contributed by atoms with Crippen molar-refractivity contribution in [1.82, 2.24) is 16.3 Å². The number of amides is 2. The van der Waals surface area contributed by atoms with Gasteiger partial charge in [-0.3, -0.25) is 0 Å². The zero-order valence-corrected chi connectivity index (χ0v) is 19.1. The number of nitrogens with one attached hydrogen (secondary N) is 3. The molecule has 1 aromatic carbocycles. The minimum absolute atomic E-state index is 0.00955. The SMILES string of the molecule is O=C(NC1=CC(F)[C@](Oc2ccc(/C=C3\ONOS3)cc2)(OC(F)(F)F)C=C1)NC1CCCCC1. The van der Waals surface area contributed by atoms with Crippen LogP contribution in [0, 0.1) is 0 Å². The van der Waals surface area contributed by atoms with Crippen molar-refractivity contribution >= 4 is 24.1 Å². The second-order valence-electron chi connectivity index (χ2n) is 8.05. The summed E-state index contributed by atoms with van der Waals surface area (Å²) in [6.07, 6.45) is 1.56. The third kappa shape index (κ3) is 7.13. The van der Waals surface area contributed by atoms with Gasteiger partial charge in [0.2, 0.25) is 5.09 Å². The van der Waals surface area contributed by atoms with Gasteiger partial charge in [-0.15, -0.1) is 13.2 Å². The maximum absolute atomic E-state index is 15.1. The third-order valence-electron chi connectivity index (χ3n) is 5.42. The monoisotopic (exact) mass is 517 g/mol. The Morgan fingerprint density at radius 1 is 1.20 bits per heavy atom. The number of allylic oxidation sites excluding steroid dienone is 1. The molecule has 1 saturated carbocycles. The molecule has 4 rings (SSSR count). The molecule has 35 heavy (non-hydrogen) atoms. The Labute approximate surface area is 202 Å². The minimum atomic E-state index is -5.19. The molecule has 2 aliphatic carbocycles. The number of halogens is 4. The van der Waals surface area contributed by atoms with E-state index in [0.29, 0.717) is 10.7 Å². The summed E-state index contributed by atoms with van der Waals surface area (Å²) in [7, 11) is 0. The summed E-state index contributed by atoms with van der Waals surface area (Å²) in [5, 5.41) is 5.66. The van der Waals surface area contributed by atoms with E-state index in [1.165, 1.54) is 24.3 Å². The number of hydrogen-bond acceptors (Lipinski definition) is 7. The lowest BCUT2D eigenvalue weighted by Crippen LogP contribution is -2.51. The molecule has 0 radical (unpaired) electrons. The fourth-order valence-electron chi connectivity index (χ4n) is 3.83. The minimum Gasteiger partial charge on any atom is -0.455 e. The van der Waals surface area contributed by atoms with Gasteiger partial charge in [0.15, 0.2) is 6.17 Å². The summed E-state index contributed by atoms with van der Waals surface area (Å²) in [5.74, 6) is -2.89. The number of carbonyl (C=O) groups excluding carboxylic acids is 1. The molecule has 8 nitrogen and oxygen atoms in total. The number of hydrogen-bond donors (Lipinski definition) is 3. The lowest BCUT2D eigenvalue weighted by atomic mass is 9.96. The van der Waals surface area contributed by atoms with E-state index in [1.54, 1.807) is 6.08 Å². The van der Waals surface area contributed by atoms with Gasteiger partial charge >= 0.3 is 12.4 Å². The summed E-state index contributed by atoms with van der Waals surface area (Å²) in [5.41, 5.74) is 2.80. The first-order valence-corrected chi connectivity index (χ1v) is 11.6. The van der Waals surface area contributed by atoms with Gasteiger partial charge in [-0.25, -0.2) is 13.9 Å². The van der Waals surface area contributed by atoms with E-state index in [4.69, 9.17) is 13.9 Å².